The summed E-state index contributed by atoms with van der Waals surface area (Å²) in [6.07, 6.45) is 5.33. The second-order valence-electron chi connectivity index (χ2n) is 8.25. The molecule has 1 aromatic heterocycles. The van der Waals surface area contributed by atoms with Crippen molar-refractivity contribution in [3.05, 3.63) is 47.8 Å². The molecule has 0 saturated heterocycles. The average Bonchev–Trinajstić information content (AvgIpc) is 3.36. The molecule has 3 rings (SSSR count). The second-order valence-corrected chi connectivity index (χ2v) is 8.25. The monoisotopic (exact) mass is 338 g/mol. The van der Waals surface area contributed by atoms with Gasteiger partial charge < -0.3 is 10.5 Å². The topological polar surface area (TPSA) is 48.1 Å². The van der Waals surface area contributed by atoms with Crippen molar-refractivity contribution in [2.24, 2.45) is 11.7 Å². The van der Waals surface area contributed by atoms with Crippen LogP contribution in [0.4, 0.5) is 0 Å². The smallest absolute Gasteiger partial charge is 0.122 e. The number of benzene rings is 1. The van der Waals surface area contributed by atoms with Crippen LogP contribution < -0.4 is 10.5 Å². The van der Waals surface area contributed by atoms with Crippen LogP contribution in [0.15, 0.2) is 36.5 Å². The summed E-state index contributed by atoms with van der Waals surface area (Å²) in [5, 5.41) is 0. The molecule has 2 N–H and O–H groups in total. The van der Waals surface area contributed by atoms with E-state index in [0.29, 0.717) is 18.4 Å². The largest absolute Gasteiger partial charge is 0.491 e. The van der Waals surface area contributed by atoms with Crippen molar-refractivity contribution < 1.29 is 4.74 Å². The van der Waals surface area contributed by atoms with E-state index in [-0.39, 0.29) is 5.54 Å². The van der Waals surface area contributed by atoms with Crippen molar-refractivity contribution in [3.63, 3.8) is 0 Å². The van der Waals surface area contributed by atoms with E-state index in [9.17, 15) is 0 Å². The van der Waals surface area contributed by atoms with Gasteiger partial charge in [0.2, 0.25) is 0 Å². The number of nitrogens with zero attached hydrogens (tertiary/aromatic N) is 1. The molecule has 134 valence electrons. The first kappa shape index (κ1) is 17.9. The van der Waals surface area contributed by atoms with Crippen molar-refractivity contribution in [1.82, 2.24) is 4.98 Å². The molecule has 1 aromatic carbocycles. The molecule has 1 aliphatic rings. The number of aryl methyl sites for hydroxylation is 1. The Hall–Kier alpha value is -1.87. The van der Waals surface area contributed by atoms with Gasteiger partial charge in [-0.3, -0.25) is 4.98 Å². The molecule has 2 aromatic rings. The van der Waals surface area contributed by atoms with E-state index in [1.165, 1.54) is 29.5 Å². The molecular formula is C22H30N2O. The van der Waals surface area contributed by atoms with Crippen molar-refractivity contribution >= 4 is 0 Å². The van der Waals surface area contributed by atoms with Crippen LogP contribution in [0.2, 0.25) is 0 Å². The fourth-order valence-electron chi connectivity index (χ4n) is 3.53. The summed E-state index contributed by atoms with van der Waals surface area (Å²) in [5.41, 5.74) is 10.9. The first-order chi connectivity index (χ1) is 11.8. The zero-order valence-electron chi connectivity index (χ0n) is 15.9. The van der Waals surface area contributed by atoms with E-state index in [0.717, 1.165) is 17.9 Å². The second kappa shape index (κ2) is 7.17. The van der Waals surface area contributed by atoms with E-state index in [1.54, 1.807) is 0 Å². The van der Waals surface area contributed by atoms with Crippen LogP contribution >= 0.6 is 0 Å². The minimum atomic E-state index is -0.296. The highest BCUT2D eigenvalue weighted by molar-refractivity contribution is 5.66. The summed E-state index contributed by atoms with van der Waals surface area (Å²) >= 11 is 0. The van der Waals surface area contributed by atoms with Gasteiger partial charge in [-0.1, -0.05) is 19.9 Å². The Morgan fingerprint density at radius 1 is 1.20 bits per heavy atom. The summed E-state index contributed by atoms with van der Waals surface area (Å²) < 4.78 is 6.18. The van der Waals surface area contributed by atoms with Crippen LogP contribution in [0.3, 0.4) is 0 Å². The maximum atomic E-state index is 6.41. The highest BCUT2D eigenvalue weighted by Crippen LogP contribution is 2.45. The van der Waals surface area contributed by atoms with E-state index >= 15 is 0 Å². The van der Waals surface area contributed by atoms with E-state index in [4.69, 9.17) is 10.5 Å². The number of ether oxygens (including phenoxy) is 1. The molecule has 1 aliphatic carbocycles. The zero-order valence-corrected chi connectivity index (χ0v) is 15.9. The van der Waals surface area contributed by atoms with Gasteiger partial charge in [0, 0.05) is 17.4 Å². The van der Waals surface area contributed by atoms with Gasteiger partial charge in [0.05, 0.1) is 0 Å². The van der Waals surface area contributed by atoms with Crippen LogP contribution in [-0.2, 0) is 0 Å². The van der Waals surface area contributed by atoms with Gasteiger partial charge in [-0.05, 0) is 85.9 Å². The molecule has 0 bridgehead atoms. The molecule has 1 heterocycles. The first-order valence-corrected chi connectivity index (χ1v) is 9.33. The maximum Gasteiger partial charge on any atom is 0.122 e. The normalized spacial score (nSPS) is 16.7. The number of rotatable bonds is 7. The zero-order chi connectivity index (χ0) is 18.0. The van der Waals surface area contributed by atoms with Gasteiger partial charge in [-0.15, -0.1) is 0 Å². The van der Waals surface area contributed by atoms with Gasteiger partial charge in [0.15, 0.2) is 0 Å². The highest BCUT2D eigenvalue weighted by Gasteiger charge is 2.28. The standard InChI is InChI=1S/C22H30N2O/c1-15(2)13-22(4,23)14-25-21-8-7-18(12-20(21)17-5-6-17)19-9-10-24-16(3)11-19/h7-12,15,17H,5-6,13-14,23H2,1-4H3. The van der Waals surface area contributed by atoms with E-state index in [1.807, 2.05) is 13.1 Å². The third kappa shape index (κ3) is 4.82. The summed E-state index contributed by atoms with van der Waals surface area (Å²) in [6.45, 7) is 9.06. The number of pyridine rings is 1. The lowest BCUT2D eigenvalue weighted by molar-refractivity contribution is 0.205. The Bertz CT molecular complexity index is 733. The fraction of sp³-hybridized carbons (Fsp3) is 0.500. The SMILES string of the molecule is Cc1cc(-c2ccc(OCC(C)(N)CC(C)C)c(C3CC3)c2)ccn1. The lowest BCUT2D eigenvalue weighted by Gasteiger charge is -2.27. The van der Waals surface area contributed by atoms with Gasteiger partial charge >= 0.3 is 0 Å². The molecule has 1 atom stereocenters. The molecule has 0 spiro atoms. The maximum absolute atomic E-state index is 6.41. The molecule has 3 heteroatoms. The van der Waals surface area contributed by atoms with Crippen LogP contribution in [0.5, 0.6) is 5.75 Å². The Kier molecular flexibility index (Phi) is 5.14. The Balaban J connectivity index is 1.81. The molecular weight excluding hydrogens is 308 g/mol. The average molecular weight is 338 g/mol. The van der Waals surface area contributed by atoms with E-state index in [2.05, 4.69) is 56.1 Å². The van der Waals surface area contributed by atoms with Crippen LogP contribution in [0.1, 0.15) is 57.2 Å². The summed E-state index contributed by atoms with van der Waals surface area (Å²) in [7, 11) is 0. The van der Waals surface area contributed by atoms with Gasteiger partial charge in [-0.25, -0.2) is 0 Å². The summed E-state index contributed by atoms with van der Waals surface area (Å²) in [4.78, 5) is 4.29. The minimum absolute atomic E-state index is 0.296. The van der Waals surface area contributed by atoms with Crippen molar-refractivity contribution in [2.45, 2.75) is 58.4 Å². The van der Waals surface area contributed by atoms with Gasteiger partial charge in [0.1, 0.15) is 12.4 Å². The quantitative estimate of drug-likeness (QED) is 0.766. The van der Waals surface area contributed by atoms with Gasteiger partial charge in [0.25, 0.3) is 0 Å². The molecule has 25 heavy (non-hydrogen) atoms. The highest BCUT2D eigenvalue weighted by atomic mass is 16.5. The summed E-state index contributed by atoms with van der Waals surface area (Å²) in [6, 6.07) is 10.7. The van der Waals surface area contributed by atoms with Crippen LogP contribution in [0, 0.1) is 12.8 Å². The Morgan fingerprint density at radius 2 is 1.92 bits per heavy atom. The van der Waals surface area contributed by atoms with E-state index < -0.39 is 0 Å². The third-order valence-electron chi connectivity index (χ3n) is 4.69. The fourth-order valence-corrected chi connectivity index (χ4v) is 3.53. The lowest BCUT2D eigenvalue weighted by atomic mass is 9.92. The number of aromatic nitrogens is 1. The molecule has 1 fully saturated rings. The Morgan fingerprint density at radius 3 is 2.56 bits per heavy atom. The molecule has 1 saturated carbocycles. The molecule has 0 aliphatic heterocycles. The number of hydrogen-bond donors (Lipinski definition) is 1. The van der Waals surface area contributed by atoms with Crippen LogP contribution in [0.25, 0.3) is 11.1 Å². The third-order valence-corrected chi connectivity index (χ3v) is 4.69. The number of nitrogens with two attached hydrogens (primary N) is 1. The molecule has 1 unspecified atom stereocenters. The molecule has 0 radical (unpaired) electrons. The molecule has 3 nitrogen and oxygen atoms in total. The van der Waals surface area contributed by atoms with Crippen molar-refractivity contribution in [3.8, 4) is 16.9 Å². The van der Waals surface area contributed by atoms with Crippen molar-refractivity contribution in [1.29, 1.82) is 0 Å². The summed E-state index contributed by atoms with van der Waals surface area (Å²) in [5.74, 6) is 2.20. The number of hydrogen-bond acceptors (Lipinski definition) is 3. The lowest BCUT2D eigenvalue weighted by Crippen LogP contribution is -2.43. The van der Waals surface area contributed by atoms with Gasteiger partial charge in [-0.2, -0.15) is 0 Å². The predicted molar refractivity (Wildman–Crippen MR) is 104 cm³/mol. The minimum Gasteiger partial charge on any atom is -0.491 e. The first-order valence-electron chi connectivity index (χ1n) is 9.33. The Labute approximate surface area is 151 Å². The van der Waals surface area contributed by atoms with Crippen molar-refractivity contribution in [2.75, 3.05) is 6.61 Å². The van der Waals surface area contributed by atoms with Crippen LogP contribution in [-0.4, -0.2) is 17.1 Å². The predicted octanol–water partition coefficient (Wildman–Crippen LogP) is 5.08. The molecule has 0 amide bonds.